The Bertz CT molecular complexity index is 694. The van der Waals surface area contributed by atoms with Crippen LogP contribution in [0.3, 0.4) is 0 Å². The Kier molecular flexibility index (Phi) is 4.32. The topological polar surface area (TPSA) is 3.24 Å². The number of fused-ring (bicyclic) bond motifs is 2. The lowest BCUT2D eigenvalue weighted by molar-refractivity contribution is -0.137. The van der Waals surface area contributed by atoms with Crippen LogP contribution in [0.5, 0.6) is 0 Å². The van der Waals surface area contributed by atoms with Gasteiger partial charge in [-0.3, -0.25) is 4.90 Å². The first-order chi connectivity index (χ1) is 12.0. The summed E-state index contributed by atoms with van der Waals surface area (Å²) in [5, 5.41) is 0. The molecule has 2 fully saturated rings. The maximum atomic E-state index is 12.7. The smallest absolute Gasteiger partial charge is 0.293 e. The summed E-state index contributed by atoms with van der Waals surface area (Å²) in [6.07, 6.45) is 0.253. The van der Waals surface area contributed by atoms with E-state index in [4.69, 9.17) is 0 Å². The Morgan fingerprint density at radius 1 is 0.840 bits per heavy atom. The van der Waals surface area contributed by atoms with Crippen LogP contribution in [-0.4, -0.2) is 17.0 Å². The van der Waals surface area contributed by atoms with Gasteiger partial charge in [0.05, 0.1) is 5.56 Å². The van der Waals surface area contributed by atoms with E-state index in [-0.39, 0.29) is 0 Å². The molecule has 1 nitrogen and oxygen atoms in total. The van der Waals surface area contributed by atoms with Gasteiger partial charge >= 0.3 is 6.18 Å². The molecule has 4 rings (SSSR count). The lowest BCUT2D eigenvalue weighted by atomic mass is 9.84. The highest BCUT2D eigenvalue weighted by molar-refractivity contribution is 5.28. The van der Waals surface area contributed by atoms with Crippen molar-refractivity contribution in [3.63, 3.8) is 0 Å². The molecule has 2 bridgehead atoms. The van der Waals surface area contributed by atoms with E-state index in [0.29, 0.717) is 18.0 Å². The summed E-state index contributed by atoms with van der Waals surface area (Å²) in [6.45, 7) is 0.982. The monoisotopic (exact) mass is 345 g/mol. The van der Waals surface area contributed by atoms with Crippen LogP contribution in [0.4, 0.5) is 13.2 Å². The number of alkyl halides is 3. The average Bonchev–Trinajstić information content (AvgIpc) is 2.83. The highest BCUT2D eigenvalue weighted by Crippen LogP contribution is 2.44. The molecule has 0 aromatic heterocycles. The van der Waals surface area contributed by atoms with E-state index < -0.39 is 11.7 Å². The van der Waals surface area contributed by atoms with Crippen molar-refractivity contribution in [3.8, 4) is 0 Å². The molecule has 0 radical (unpaired) electrons. The van der Waals surface area contributed by atoms with Crippen molar-refractivity contribution < 1.29 is 13.2 Å². The van der Waals surface area contributed by atoms with Gasteiger partial charge in [-0.05, 0) is 54.9 Å². The zero-order chi connectivity index (χ0) is 17.4. The SMILES string of the molecule is FC(F)(F)c1ccc(C2C[C@H]3CC[C@@H](C2)N3Cc2ccccc2)cc1. The standard InChI is InChI=1S/C21H22F3N/c22-21(23,24)18-8-6-16(7-9-18)17-12-19-10-11-20(13-17)25(19)14-15-4-2-1-3-5-15/h1-9,17,19-20H,10-14H2/t17?,19-,20+. The molecule has 132 valence electrons. The Morgan fingerprint density at radius 3 is 2.00 bits per heavy atom. The van der Waals surface area contributed by atoms with Crippen LogP contribution in [-0.2, 0) is 12.7 Å². The van der Waals surface area contributed by atoms with E-state index in [2.05, 4.69) is 29.2 Å². The summed E-state index contributed by atoms with van der Waals surface area (Å²) < 4.78 is 38.2. The minimum absolute atomic E-state index is 0.381. The Hall–Kier alpha value is -1.81. The van der Waals surface area contributed by atoms with Gasteiger partial charge in [0, 0.05) is 18.6 Å². The predicted octanol–water partition coefficient (Wildman–Crippen LogP) is 5.62. The highest BCUT2D eigenvalue weighted by atomic mass is 19.4. The van der Waals surface area contributed by atoms with E-state index in [1.807, 2.05) is 6.07 Å². The second kappa shape index (κ2) is 6.49. The summed E-state index contributed by atoms with van der Waals surface area (Å²) in [6, 6.07) is 17.4. The lowest BCUT2D eigenvalue weighted by Crippen LogP contribution is -2.41. The fraction of sp³-hybridized carbons (Fsp3) is 0.429. The fourth-order valence-electron chi connectivity index (χ4n) is 4.54. The number of halogens is 3. The molecule has 2 aliphatic rings. The molecule has 0 aliphatic carbocycles. The maximum absolute atomic E-state index is 12.7. The third-order valence-corrected chi connectivity index (χ3v) is 5.80. The molecular formula is C21H22F3N. The van der Waals surface area contributed by atoms with Crippen LogP contribution in [0.2, 0.25) is 0 Å². The molecular weight excluding hydrogens is 323 g/mol. The summed E-state index contributed by atoms with van der Waals surface area (Å²) >= 11 is 0. The Balaban J connectivity index is 1.46. The number of nitrogens with zero attached hydrogens (tertiary/aromatic N) is 1. The van der Waals surface area contributed by atoms with Crippen molar-refractivity contribution in [2.24, 2.45) is 0 Å². The molecule has 4 heteroatoms. The van der Waals surface area contributed by atoms with Crippen LogP contribution >= 0.6 is 0 Å². The Labute approximate surface area is 146 Å². The average molecular weight is 345 g/mol. The number of hydrogen-bond donors (Lipinski definition) is 0. The molecule has 2 saturated heterocycles. The molecule has 2 aromatic carbocycles. The van der Waals surface area contributed by atoms with Gasteiger partial charge in [0.1, 0.15) is 0 Å². The minimum Gasteiger partial charge on any atom is -0.293 e. The summed E-state index contributed by atoms with van der Waals surface area (Å²) in [4.78, 5) is 2.61. The summed E-state index contributed by atoms with van der Waals surface area (Å²) in [7, 11) is 0. The number of hydrogen-bond acceptors (Lipinski definition) is 1. The van der Waals surface area contributed by atoms with E-state index >= 15 is 0 Å². The predicted molar refractivity (Wildman–Crippen MR) is 92.2 cm³/mol. The van der Waals surface area contributed by atoms with Crippen LogP contribution in [0.15, 0.2) is 54.6 Å². The van der Waals surface area contributed by atoms with Gasteiger partial charge in [0.25, 0.3) is 0 Å². The first kappa shape index (κ1) is 16.6. The van der Waals surface area contributed by atoms with Crippen molar-refractivity contribution in [2.45, 2.75) is 56.4 Å². The normalized spacial score (nSPS) is 26.8. The molecule has 2 heterocycles. The Morgan fingerprint density at radius 2 is 1.44 bits per heavy atom. The zero-order valence-corrected chi connectivity index (χ0v) is 14.0. The van der Waals surface area contributed by atoms with Crippen LogP contribution in [0, 0.1) is 0 Å². The maximum Gasteiger partial charge on any atom is 0.416 e. The third-order valence-electron chi connectivity index (χ3n) is 5.80. The minimum atomic E-state index is -4.25. The summed E-state index contributed by atoms with van der Waals surface area (Å²) in [5.74, 6) is 0.381. The van der Waals surface area contributed by atoms with Gasteiger partial charge in [-0.25, -0.2) is 0 Å². The summed E-state index contributed by atoms with van der Waals surface area (Å²) in [5.41, 5.74) is 1.84. The van der Waals surface area contributed by atoms with E-state index in [0.717, 1.165) is 24.9 Å². The van der Waals surface area contributed by atoms with Crippen LogP contribution in [0.1, 0.15) is 48.3 Å². The van der Waals surface area contributed by atoms with Crippen molar-refractivity contribution in [3.05, 3.63) is 71.3 Å². The third kappa shape index (κ3) is 3.45. The van der Waals surface area contributed by atoms with Crippen molar-refractivity contribution >= 4 is 0 Å². The number of piperidine rings is 1. The second-order valence-electron chi connectivity index (χ2n) is 7.33. The molecule has 0 saturated carbocycles. The lowest BCUT2D eigenvalue weighted by Gasteiger charge is -2.39. The van der Waals surface area contributed by atoms with Crippen molar-refractivity contribution in [2.75, 3.05) is 0 Å². The first-order valence-electron chi connectivity index (χ1n) is 8.97. The van der Waals surface area contributed by atoms with Gasteiger partial charge < -0.3 is 0 Å². The van der Waals surface area contributed by atoms with Gasteiger partial charge in [0.2, 0.25) is 0 Å². The molecule has 0 N–H and O–H groups in total. The highest BCUT2D eigenvalue weighted by Gasteiger charge is 2.41. The number of rotatable bonds is 3. The first-order valence-corrected chi connectivity index (χ1v) is 8.97. The van der Waals surface area contributed by atoms with E-state index in [1.165, 1.54) is 30.5 Å². The van der Waals surface area contributed by atoms with Gasteiger partial charge in [-0.1, -0.05) is 42.5 Å². The quantitative estimate of drug-likeness (QED) is 0.698. The van der Waals surface area contributed by atoms with Gasteiger partial charge in [-0.2, -0.15) is 13.2 Å². The fourth-order valence-corrected chi connectivity index (χ4v) is 4.54. The second-order valence-corrected chi connectivity index (χ2v) is 7.33. The number of benzene rings is 2. The zero-order valence-electron chi connectivity index (χ0n) is 14.0. The molecule has 2 aromatic rings. The molecule has 2 aliphatic heterocycles. The molecule has 25 heavy (non-hydrogen) atoms. The van der Waals surface area contributed by atoms with Gasteiger partial charge in [0.15, 0.2) is 0 Å². The largest absolute Gasteiger partial charge is 0.416 e. The molecule has 1 unspecified atom stereocenters. The van der Waals surface area contributed by atoms with Gasteiger partial charge in [-0.15, -0.1) is 0 Å². The van der Waals surface area contributed by atoms with Crippen molar-refractivity contribution in [1.82, 2.24) is 4.90 Å². The van der Waals surface area contributed by atoms with Crippen LogP contribution < -0.4 is 0 Å². The van der Waals surface area contributed by atoms with E-state index in [9.17, 15) is 13.2 Å². The van der Waals surface area contributed by atoms with E-state index in [1.54, 1.807) is 12.1 Å². The van der Waals surface area contributed by atoms with Crippen LogP contribution in [0.25, 0.3) is 0 Å². The van der Waals surface area contributed by atoms with Crippen molar-refractivity contribution in [1.29, 1.82) is 0 Å². The molecule has 0 spiro atoms. The molecule has 3 atom stereocenters. The molecule has 0 amide bonds.